The van der Waals surface area contributed by atoms with Crippen molar-refractivity contribution in [3.05, 3.63) is 83.4 Å². The average molecular weight is 477 g/mol. The number of halogens is 1. The Morgan fingerprint density at radius 3 is 2.74 bits per heavy atom. The molecule has 9 heteroatoms. The van der Waals surface area contributed by atoms with Gasteiger partial charge in [-0.15, -0.1) is 0 Å². The zero-order valence-corrected chi connectivity index (χ0v) is 19.7. The van der Waals surface area contributed by atoms with Crippen molar-refractivity contribution >= 4 is 41.2 Å². The van der Waals surface area contributed by atoms with Crippen LogP contribution < -0.4 is 11.1 Å². The third kappa shape index (κ3) is 5.47. The Morgan fingerprint density at radius 2 is 2.12 bits per heavy atom. The van der Waals surface area contributed by atoms with E-state index in [0.717, 1.165) is 23.0 Å². The van der Waals surface area contributed by atoms with Crippen molar-refractivity contribution in [1.82, 2.24) is 15.2 Å². The molecule has 2 amide bonds. The second-order valence-corrected chi connectivity index (χ2v) is 7.60. The highest BCUT2D eigenvalue weighted by Gasteiger charge is 2.30. The number of allylic oxidation sites excluding steroid dienone is 1. The number of aromatic nitrogens is 1. The van der Waals surface area contributed by atoms with Gasteiger partial charge in [0.2, 0.25) is 0 Å². The number of aliphatic imine (C=N–C) groups is 2. The Morgan fingerprint density at radius 1 is 1.32 bits per heavy atom. The molecule has 2 aromatic rings. The lowest BCUT2D eigenvalue weighted by molar-refractivity contribution is -0.121. The molecule has 2 heterocycles. The number of carbonyl (C=O) groups is 2. The highest BCUT2D eigenvalue weighted by Crippen LogP contribution is 2.33. The maximum atomic E-state index is 13.4. The van der Waals surface area contributed by atoms with Crippen LogP contribution in [0.1, 0.15) is 19.4 Å². The van der Waals surface area contributed by atoms with E-state index in [1.54, 1.807) is 23.4 Å². The summed E-state index contributed by atoms with van der Waals surface area (Å²) >= 11 is 6.62. The summed E-state index contributed by atoms with van der Waals surface area (Å²) in [7, 11) is 0. The predicted octanol–water partition coefficient (Wildman–Crippen LogP) is 3.57. The molecule has 1 aromatic carbocycles. The number of pyridine rings is 1. The highest BCUT2D eigenvalue weighted by atomic mass is 35.5. The third-order valence-corrected chi connectivity index (χ3v) is 5.39. The Kier molecular flexibility index (Phi) is 8.10. The number of benzene rings is 1. The van der Waals surface area contributed by atoms with E-state index in [4.69, 9.17) is 17.3 Å². The number of likely N-dealkylation sites (N-methyl/N-ethyl adjacent to an activating group) is 1. The van der Waals surface area contributed by atoms with E-state index < -0.39 is 5.91 Å². The summed E-state index contributed by atoms with van der Waals surface area (Å²) in [5, 5.41) is 3.24. The maximum Gasteiger partial charge on any atom is 0.266 e. The fourth-order valence-corrected chi connectivity index (χ4v) is 3.71. The lowest BCUT2D eigenvalue weighted by Crippen LogP contribution is -2.41. The lowest BCUT2D eigenvalue weighted by atomic mass is 9.95. The summed E-state index contributed by atoms with van der Waals surface area (Å²) < 4.78 is 0. The molecular formula is C25H25ClN6O2. The van der Waals surface area contributed by atoms with E-state index in [-0.39, 0.29) is 18.3 Å². The summed E-state index contributed by atoms with van der Waals surface area (Å²) in [5.74, 6) is -0.0563. The normalized spacial score (nSPS) is 16.3. The molecule has 1 aromatic heterocycles. The number of carbonyl (C=O) groups excluding carboxylic acids is 2. The SMILES string of the molecule is C=C(/N=C1\C(=C/C)C=C(c2ccc(-c3cccnc3)cc2Cl)C(=O)N1CC)NCC(=O)N=CN. The number of nitrogens with one attached hydrogen (secondary N) is 1. The molecular weight excluding hydrogens is 452 g/mol. The first-order valence-corrected chi connectivity index (χ1v) is 11.0. The maximum absolute atomic E-state index is 13.4. The molecule has 0 fully saturated rings. The molecule has 174 valence electrons. The Balaban J connectivity index is 1.94. The summed E-state index contributed by atoms with van der Waals surface area (Å²) in [5.41, 5.74) is 8.76. The van der Waals surface area contributed by atoms with Crippen LogP contribution in [0.5, 0.6) is 0 Å². The van der Waals surface area contributed by atoms with E-state index in [0.29, 0.717) is 28.5 Å². The molecule has 3 rings (SSSR count). The number of amidine groups is 1. The Labute approximate surface area is 203 Å². The molecule has 0 radical (unpaired) electrons. The number of hydrogen-bond acceptors (Lipinski definition) is 5. The van der Waals surface area contributed by atoms with Gasteiger partial charge in [-0.1, -0.05) is 42.5 Å². The van der Waals surface area contributed by atoms with Gasteiger partial charge in [-0.05, 0) is 37.6 Å². The van der Waals surface area contributed by atoms with Gasteiger partial charge in [-0.2, -0.15) is 0 Å². The minimum absolute atomic E-state index is 0.117. The standard InChI is InChI=1S/C25H25ClN6O2/c1-4-17-11-21(20-9-8-18(12-22(20)26)19-7-6-10-28-13-19)25(34)32(5-2)24(17)31-16(3)29-14-23(33)30-15-27/h4,6-13,15,29H,3,5,14H2,1-2H3,(H2,27,30,33)/b17-4-,31-24+. The van der Waals surface area contributed by atoms with Crippen LogP contribution in [0.3, 0.4) is 0 Å². The van der Waals surface area contributed by atoms with Crippen LogP contribution in [-0.4, -0.2) is 47.0 Å². The van der Waals surface area contributed by atoms with Crippen LogP contribution in [0, 0.1) is 0 Å². The summed E-state index contributed by atoms with van der Waals surface area (Å²) in [6.45, 7) is 7.79. The van der Waals surface area contributed by atoms with Crippen LogP contribution in [0.25, 0.3) is 16.7 Å². The van der Waals surface area contributed by atoms with Crippen molar-refractivity contribution in [3.63, 3.8) is 0 Å². The van der Waals surface area contributed by atoms with E-state index in [1.165, 1.54) is 0 Å². The van der Waals surface area contributed by atoms with Crippen molar-refractivity contribution < 1.29 is 9.59 Å². The van der Waals surface area contributed by atoms with Gasteiger partial charge in [-0.25, -0.2) is 9.98 Å². The van der Waals surface area contributed by atoms with E-state index in [1.807, 2.05) is 50.3 Å². The lowest BCUT2D eigenvalue weighted by Gasteiger charge is -2.30. The van der Waals surface area contributed by atoms with Crippen molar-refractivity contribution in [2.75, 3.05) is 13.1 Å². The predicted molar refractivity (Wildman–Crippen MR) is 136 cm³/mol. The zero-order chi connectivity index (χ0) is 24.7. The van der Waals surface area contributed by atoms with Gasteiger partial charge >= 0.3 is 0 Å². The minimum Gasteiger partial charge on any atom is -0.390 e. The first-order valence-electron chi connectivity index (χ1n) is 10.6. The van der Waals surface area contributed by atoms with Gasteiger partial charge in [0.05, 0.1) is 12.9 Å². The molecule has 0 saturated heterocycles. The molecule has 34 heavy (non-hydrogen) atoms. The topological polar surface area (TPSA) is 113 Å². The largest absolute Gasteiger partial charge is 0.390 e. The number of hydrogen-bond donors (Lipinski definition) is 2. The van der Waals surface area contributed by atoms with E-state index in [9.17, 15) is 9.59 Å². The van der Waals surface area contributed by atoms with Gasteiger partial charge in [0.15, 0.2) is 0 Å². The first-order chi connectivity index (χ1) is 16.4. The number of nitrogens with zero attached hydrogens (tertiary/aromatic N) is 4. The highest BCUT2D eigenvalue weighted by molar-refractivity contribution is 6.37. The van der Waals surface area contributed by atoms with Crippen LogP contribution >= 0.6 is 11.6 Å². The Hall–Kier alpha value is -4.04. The molecule has 0 unspecified atom stereocenters. The monoisotopic (exact) mass is 476 g/mol. The third-order valence-electron chi connectivity index (χ3n) is 5.07. The van der Waals surface area contributed by atoms with Gasteiger partial charge in [0, 0.05) is 46.2 Å². The van der Waals surface area contributed by atoms with Crippen LogP contribution in [-0.2, 0) is 9.59 Å². The second-order valence-electron chi connectivity index (χ2n) is 7.20. The minimum atomic E-state index is -0.464. The van der Waals surface area contributed by atoms with Gasteiger partial charge in [0.1, 0.15) is 11.7 Å². The van der Waals surface area contributed by atoms with Gasteiger partial charge in [0.25, 0.3) is 11.8 Å². The van der Waals surface area contributed by atoms with E-state index >= 15 is 0 Å². The van der Waals surface area contributed by atoms with Crippen molar-refractivity contribution in [2.45, 2.75) is 13.8 Å². The van der Waals surface area contributed by atoms with Crippen molar-refractivity contribution in [1.29, 1.82) is 0 Å². The second kappa shape index (κ2) is 11.2. The summed E-state index contributed by atoms with van der Waals surface area (Å²) in [4.78, 5) is 38.6. The quantitative estimate of drug-likeness (QED) is 0.468. The molecule has 3 N–H and O–H groups in total. The molecule has 0 aliphatic carbocycles. The number of amides is 2. The molecule has 0 bridgehead atoms. The van der Waals surface area contributed by atoms with E-state index in [2.05, 4.69) is 26.9 Å². The van der Waals surface area contributed by atoms with Crippen LogP contribution in [0.4, 0.5) is 0 Å². The summed E-state index contributed by atoms with van der Waals surface area (Å²) in [6, 6.07) is 9.37. The fraction of sp³-hybridized carbons (Fsp3) is 0.160. The Bertz CT molecular complexity index is 1230. The number of nitrogens with two attached hydrogens (primary N) is 1. The molecule has 0 atom stereocenters. The molecule has 0 spiro atoms. The van der Waals surface area contributed by atoms with Crippen LogP contribution in [0.15, 0.2) is 82.8 Å². The smallest absolute Gasteiger partial charge is 0.266 e. The summed E-state index contributed by atoms with van der Waals surface area (Å²) in [6.07, 6.45) is 8.00. The van der Waals surface area contributed by atoms with Crippen molar-refractivity contribution in [3.8, 4) is 11.1 Å². The fourth-order valence-electron chi connectivity index (χ4n) is 3.42. The van der Waals surface area contributed by atoms with Gasteiger partial charge < -0.3 is 11.1 Å². The van der Waals surface area contributed by atoms with Crippen LogP contribution in [0.2, 0.25) is 5.02 Å². The zero-order valence-electron chi connectivity index (χ0n) is 19.0. The molecule has 8 nitrogen and oxygen atoms in total. The molecule has 1 aliphatic rings. The molecule has 1 aliphatic heterocycles. The average Bonchev–Trinajstić information content (AvgIpc) is 2.84. The van der Waals surface area contributed by atoms with Gasteiger partial charge in [-0.3, -0.25) is 19.5 Å². The molecule has 0 saturated carbocycles. The first kappa shape index (κ1) is 24.6. The van der Waals surface area contributed by atoms with Crippen molar-refractivity contribution in [2.24, 2.45) is 15.7 Å². The number of rotatable bonds is 7.